The van der Waals surface area contributed by atoms with E-state index in [1.54, 1.807) is 13.8 Å². The van der Waals surface area contributed by atoms with E-state index >= 15 is 0 Å². The van der Waals surface area contributed by atoms with Gasteiger partial charge in [0.1, 0.15) is 0 Å². The zero-order valence-electron chi connectivity index (χ0n) is 15.2. The molecule has 0 aliphatic rings. The van der Waals surface area contributed by atoms with E-state index in [0.29, 0.717) is 6.54 Å². The number of hydrogen-bond donors (Lipinski definition) is 1. The minimum absolute atomic E-state index is 0.0240. The van der Waals surface area contributed by atoms with E-state index < -0.39 is 10.0 Å². The van der Waals surface area contributed by atoms with Crippen LogP contribution in [0.15, 0.2) is 23.1 Å². The van der Waals surface area contributed by atoms with Gasteiger partial charge in [-0.3, -0.25) is 4.79 Å². The first-order valence-electron chi connectivity index (χ1n) is 8.34. The lowest BCUT2D eigenvalue weighted by Crippen LogP contribution is -2.35. The largest absolute Gasteiger partial charge is 0.395 e. The molecule has 25 heavy (non-hydrogen) atoms. The molecule has 1 N–H and O–H groups in total. The third kappa shape index (κ3) is 5.41. The summed E-state index contributed by atoms with van der Waals surface area (Å²) in [6.07, 6.45) is 1.69. The second-order valence-corrected chi connectivity index (χ2v) is 8.53. The van der Waals surface area contributed by atoms with E-state index in [-0.39, 0.29) is 40.6 Å². The molecular weight excluding hydrogens is 364 g/mol. The second kappa shape index (κ2) is 9.52. The molecule has 0 bridgehead atoms. The summed E-state index contributed by atoms with van der Waals surface area (Å²) in [5, 5.41) is 9.38. The average molecular weight is 391 g/mol. The molecule has 0 spiro atoms. The molecule has 1 aromatic rings. The number of halogens is 1. The number of aliphatic hydroxyl groups excluding tert-OH is 1. The molecule has 6 nitrogen and oxygen atoms in total. The molecule has 0 aromatic heterocycles. The molecule has 0 fully saturated rings. The third-order valence-corrected chi connectivity index (χ3v) is 6.37. The molecule has 0 radical (unpaired) electrons. The second-order valence-electron chi connectivity index (χ2n) is 6.13. The summed E-state index contributed by atoms with van der Waals surface area (Å²) in [4.78, 5) is 14.3. The van der Waals surface area contributed by atoms with Gasteiger partial charge in [-0.1, -0.05) is 24.9 Å². The maximum Gasteiger partial charge on any atom is 0.255 e. The highest BCUT2D eigenvalue weighted by Gasteiger charge is 2.26. The van der Waals surface area contributed by atoms with Gasteiger partial charge in [0.25, 0.3) is 5.91 Å². The fourth-order valence-corrected chi connectivity index (χ4v) is 3.82. The van der Waals surface area contributed by atoms with Gasteiger partial charge >= 0.3 is 0 Å². The van der Waals surface area contributed by atoms with E-state index in [1.807, 2.05) is 6.92 Å². The molecule has 0 aliphatic heterocycles. The van der Waals surface area contributed by atoms with Crippen molar-refractivity contribution in [3.8, 4) is 0 Å². The van der Waals surface area contributed by atoms with E-state index in [4.69, 9.17) is 11.6 Å². The van der Waals surface area contributed by atoms with Gasteiger partial charge in [-0.25, -0.2) is 8.42 Å². The number of hydrogen-bond acceptors (Lipinski definition) is 4. The SMILES string of the molecule is CCCCN(CCO)C(=O)c1cc(S(=O)(=O)N(C)C(C)C)ccc1Cl. The molecule has 0 aliphatic carbocycles. The number of nitrogens with zero attached hydrogens (tertiary/aromatic N) is 2. The Morgan fingerprint density at radius 2 is 1.92 bits per heavy atom. The fraction of sp³-hybridized carbons (Fsp3) is 0.588. The predicted octanol–water partition coefficient (Wildman–Crippen LogP) is 2.60. The number of benzene rings is 1. The summed E-state index contributed by atoms with van der Waals surface area (Å²) in [6, 6.07) is 3.92. The van der Waals surface area contributed by atoms with Crippen molar-refractivity contribution in [1.29, 1.82) is 0 Å². The van der Waals surface area contributed by atoms with E-state index in [9.17, 15) is 18.3 Å². The molecular formula is C17H27ClN2O4S. The summed E-state index contributed by atoms with van der Waals surface area (Å²) in [6.45, 7) is 6.04. The van der Waals surface area contributed by atoms with Gasteiger partial charge in [-0.15, -0.1) is 0 Å². The monoisotopic (exact) mass is 390 g/mol. The lowest BCUT2D eigenvalue weighted by Gasteiger charge is -2.24. The first-order chi connectivity index (χ1) is 11.7. The Balaban J connectivity index is 3.26. The van der Waals surface area contributed by atoms with Gasteiger partial charge in [-0.05, 0) is 38.5 Å². The van der Waals surface area contributed by atoms with Crippen molar-refractivity contribution < 1.29 is 18.3 Å². The van der Waals surface area contributed by atoms with Crippen LogP contribution in [-0.2, 0) is 10.0 Å². The molecule has 0 heterocycles. The van der Waals surface area contributed by atoms with Crippen LogP contribution in [0.5, 0.6) is 0 Å². The van der Waals surface area contributed by atoms with E-state index in [0.717, 1.165) is 12.8 Å². The highest BCUT2D eigenvalue weighted by Crippen LogP contribution is 2.24. The van der Waals surface area contributed by atoms with Crippen LogP contribution in [0.4, 0.5) is 0 Å². The molecule has 0 unspecified atom stereocenters. The number of carbonyl (C=O) groups is 1. The van der Waals surface area contributed by atoms with Crippen LogP contribution in [0.3, 0.4) is 0 Å². The Bertz CT molecular complexity index is 692. The molecule has 1 rings (SSSR count). The normalized spacial score (nSPS) is 12.0. The average Bonchev–Trinajstić information content (AvgIpc) is 2.57. The number of rotatable bonds is 9. The molecule has 8 heteroatoms. The van der Waals surface area contributed by atoms with Crippen LogP contribution in [0.25, 0.3) is 0 Å². The summed E-state index contributed by atoms with van der Waals surface area (Å²) in [5.74, 6) is -0.378. The van der Waals surface area contributed by atoms with Gasteiger partial charge in [0, 0.05) is 26.2 Å². The summed E-state index contributed by atoms with van der Waals surface area (Å²) >= 11 is 6.14. The van der Waals surface area contributed by atoms with Crippen molar-refractivity contribution in [3.63, 3.8) is 0 Å². The quantitative estimate of drug-likeness (QED) is 0.703. The fourth-order valence-electron chi connectivity index (χ4n) is 2.23. The van der Waals surface area contributed by atoms with Gasteiger partial charge in [-0.2, -0.15) is 4.31 Å². The number of aliphatic hydroxyl groups is 1. The van der Waals surface area contributed by atoms with Crippen molar-refractivity contribution in [3.05, 3.63) is 28.8 Å². The van der Waals surface area contributed by atoms with Crippen LogP contribution < -0.4 is 0 Å². The third-order valence-electron chi connectivity index (χ3n) is 4.01. The number of carbonyl (C=O) groups excluding carboxylic acids is 1. The number of unbranched alkanes of at least 4 members (excludes halogenated alkanes) is 1. The Morgan fingerprint density at radius 3 is 2.44 bits per heavy atom. The minimum atomic E-state index is -3.71. The number of amides is 1. The van der Waals surface area contributed by atoms with Gasteiger partial charge in [0.05, 0.1) is 22.1 Å². The van der Waals surface area contributed by atoms with Crippen LogP contribution in [-0.4, -0.2) is 61.4 Å². The van der Waals surface area contributed by atoms with Gasteiger partial charge in [0.2, 0.25) is 10.0 Å². The Labute approximate surface area is 155 Å². The minimum Gasteiger partial charge on any atom is -0.395 e. The van der Waals surface area contributed by atoms with Crippen LogP contribution >= 0.6 is 11.6 Å². The predicted molar refractivity (Wildman–Crippen MR) is 99.4 cm³/mol. The Hall–Kier alpha value is -1.15. The van der Waals surface area contributed by atoms with Crippen molar-refractivity contribution in [2.75, 3.05) is 26.7 Å². The molecule has 1 amide bonds. The zero-order valence-corrected chi connectivity index (χ0v) is 16.8. The lowest BCUT2D eigenvalue weighted by atomic mass is 10.2. The summed E-state index contributed by atoms with van der Waals surface area (Å²) < 4.78 is 26.5. The topological polar surface area (TPSA) is 77.9 Å². The van der Waals surface area contributed by atoms with E-state index in [1.165, 1.54) is 34.5 Å². The van der Waals surface area contributed by atoms with Crippen molar-refractivity contribution in [2.45, 2.75) is 44.6 Å². The Morgan fingerprint density at radius 1 is 1.28 bits per heavy atom. The van der Waals surface area contributed by atoms with Crippen LogP contribution in [0.1, 0.15) is 44.0 Å². The maximum atomic E-state index is 12.8. The van der Waals surface area contributed by atoms with E-state index in [2.05, 4.69) is 0 Å². The van der Waals surface area contributed by atoms with Crippen molar-refractivity contribution in [2.24, 2.45) is 0 Å². The van der Waals surface area contributed by atoms with Crippen LogP contribution in [0, 0.1) is 0 Å². The molecule has 142 valence electrons. The van der Waals surface area contributed by atoms with Gasteiger partial charge < -0.3 is 10.0 Å². The maximum absolute atomic E-state index is 12.8. The first kappa shape index (κ1) is 21.9. The van der Waals surface area contributed by atoms with Crippen LogP contribution in [0.2, 0.25) is 5.02 Å². The molecule has 1 aromatic carbocycles. The number of sulfonamides is 1. The van der Waals surface area contributed by atoms with Gasteiger partial charge in [0.15, 0.2) is 0 Å². The first-order valence-corrected chi connectivity index (χ1v) is 10.2. The highest BCUT2D eigenvalue weighted by atomic mass is 35.5. The summed E-state index contributed by atoms with van der Waals surface area (Å²) in [5.41, 5.74) is 0.129. The molecule has 0 saturated heterocycles. The van der Waals surface area contributed by atoms with Crippen molar-refractivity contribution in [1.82, 2.24) is 9.21 Å². The Kier molecular flexibility index (Phi) is 8.34. The molecule has 0 saturated carbocycles. The zero-order chi connectivity index (χ0) is 19.2. The highest BCUT2D eigenvalue weighted by molar-refractivity contribution is 7.89. The van der Waals surface area contributed by atoms with Crippen molar-refractivity contribution >= 4 is 27.5 Å². The lowest BCUT2D eigenvalue weighted by molar-refractivity contribution is 0.0719. The molecule has 0 atom stereocenters. The standard InChI is InChI=1S/C17H27ClN2O4S/c1-5-6-9-20(10-11-21)17(22)15-12-14(7-8-16(15)18)25(23,24)19(4)13(2)3/h7-8,12-13,21H,5-6,9-11H2,1-4H3. The smallest absolute Gasteiger partial charge is 0.255 e. The summed E-state index contributed by atoms with van der Waals surface area (Å²) in [7, 11) is -2.22.